The molecule has 0 spiro atoms. The van der Waals surface area contributed by atoms with Crippen molar-refractivity contribution in [3.05, 3.63) is 65.7 Å². The Morgan fingerprint density at radius 3 is 2.68 bits per heavy atom. The van der Waals surface area contributed by atoms with Gasteiger partial charge < -0.3 is 25.3 Å². The van der Waals surface area contributed by atoms with E-state index in [2.05, 4.69) is 21.7 Å². The molecule has 0 bridgehead atoms. The monoisotopic (exact) mass is 373 g/mol. The molecule has 1 aliphatic heterocycles. The number of anilines is 5. The lowest BCUT2D eigenvalue weighted by atomic mass is 10.1. The number of methoxy groups -OCH3 is 1. The topological polar surface area (TPSA) is 93.2 Å². The van der Waals surface area contributed by atoms with Crippen LogP contribution in [0, 0.1) is 11.3 Å². The fourth-order valence-corrected chi connectivity index (χ4v) is 3.28. The van der Waals surface area contributed by atoms with E-state index in [1.54, 1.807) is 31.4 Å². The summed E-state index contributed by atoms with van der Waals surface area (Å²) in [7, 11) is 1.65. The van der Waals surface area contributed by atoms with Gasteiger partial charge in [0.25, 0.3) is 5.91 Å². The highest BCUT2D eigenvalue weighted by Gasteiger charge is 2.29. The van der Waals surface area contributed by atoms with E-state index in [1.807, 2.05) is 35.2 Å². The van der Waals surface area contributed by atoms with E-state index in [-0.39, 0.29) is 5.91 Å². The van der Waals surface area contributed by atoms with Crippen LogP contribution in [0.3, 0.4) is 0 Å². The molecule has 28 heavy (non-hydrogen) atoms. The number of hydrogen-bond donors (Lipinski definition) is 3. The van der Waals surface area contributed by atoms with Gasteiger partial charge in [0.2, 0.25) is 0 Å². The Morgan fingerprint density at radius 1 is 1.18 bits per heavy atom. The molecular formula is C21H19N5O2. The Kier molecular flexibility index (Phi) is 4.70. The zero-order chi connectivity index (χ0) is 19.5. The van der Waals surface area contributed by atoms with Crippen LogP contribution in [0.25, 0.3) is 0 Å². The van der Waals surface area contributed by atoms with Crippen LogP contribution >= 0.6 is 0 Å². The van der Waals surface area contributed by atoms with Gasteiger partial charge in [0, 0.05) is 19.2 Å². The molecule has 0 fully saturated rings. The van der Waals surface area contributed by atoms with Gasteiger partial charge >= 0.3 is 0 Å². The van der Waals surface area contributed by atoms with Crippen molar-refractivity contribution in [1.29, 1.82) is 5.26 Å². The molecule has 0 aliphatic carbocycles. The normalized spacial score (nSPS) is 11.8. The molecule has 0 unspecified atom stereocenters. The van der Waals surface area contributed by atoms with Crippen molar-refractivity contribution in [3.8, 4) is 6.07 Å². The quantitative estimate of drug-likeness (QED) is 0.629. The number of nitrogens with zero attached hydrogens (tertiary/aromatic N) is 2. The van der Waals surface area contributed by atoms with Crippen LogP contribution in [0.2, 0.25) is 0 Å². The van der Waals surface area contributed by atoms with Crippen LogP contribution in [0.1, 0.15) is 15.9 Å². The number of hydrogen-bond acceptors (Lipinski definition) is 5. The SMILES string of the molecule is COCCN1c2ccccc2Nc2c1[nH]c(NC(=O)c1ccccc1)c2C#N. The van der Waals surface area contributed by atoms with Gasteiger partial charge in [-0.05, 0) is 24.3 Å². The van der Waals surface area contributed by atoms with Crippen molar-refractivity contribution in [3.63, 3.8) is 0 Å². The first-order chi connectivity index (χ1) is 13.7. The van der Waals surface area contributed by atoms with Crippen molar-refractivity contribution in [2.75, 3.05) is 35.8 Å². The van der Waals surface area contributed by atoms with Crippen LogP contribution in [0.15, 0.2) is 54.6 Å². The number of rotatable bonds is 5. The number of carbonyl (C=O) groups is 1. The van der Waals surface area contributed by atoms with Gasteiger partial charge in [-0.1, -0.05) is 30.3 Å². The van der Waals surface area contributed by atoms with Gasteiger partial charge in [-0.15, -0.1) is 0 Å². The molecule has 0 radical (unpaired) electrons. The number of aromatic amines is 1. The number of fused-ring (bicyclic) bond motifs is 2. The standard InChI is InChI=1S/C21H19N5O2/c1-28-12-11-26-17-10-6-5-9-16(17)23-18-15(13-22)19(24-20(18)26)25-21(27)14-7-3-2-4-8-14/h2-10,23-24H,11-12H2,1H3,(H,25,27). The predicted molar refractivity (Wildman–Crippen MR) is 109 cm³/mol. The average molecular weight is 373 g/mol. The van der Waals surface area contributed by atoms with E-state index >= 15 is 0 Å². The summed E-state index contributed by atoms with van der Waals surface area (Å²) in [6.45, 7) is 1.11. The first kappa shape index (κ1) is 17.6. The summed E-state index contributed by atoms with van der Waals surface area (Å²) in [4.78, 5) is 17.8. The summed E-state index contributed by atoms with van der Waals surface area (Å²) in [5.41, 5.74) is 3.38. The third kappa shape index (κ3) is 3.06. The van der Waals surface area contributed by atoms with E-state index in [9.17, 15) is 10.1 Å². The van der Waals surface area contributed by atoms with E-state index in [0.29, 0.717) is 35.8 Å². The van der Waals surface area contributed by atoms with E-state index in [0.717, 1.165) is 17.2 Å². The Labute approximate surface area is 162 Å². The van der Waals surface area contributed by atoms with Gasteiger partial charge in [-0.25, -0.2) is 0 Å². The van der Waals surface area contributed by atoms with Gasteiger partial charge in [0.15, 0.2) is 0 Å². The molecule has 0 saturated heterocycles. The highest BCUT2D eigenvalue weighted by atomic mass is 16.5. The molecule has 4 rings (SSSR count). The molecule has 1 aliphatic rings. The molecule has 2 aromatic carbocycles. The Balaban J connectivity index is 1.74. The second-order valence-electron chi connectivity index (χ2n) is 6.32. The van der Waals surface area contributed by atoms with Gasteiger partial charge in [0.05, 0.1) is 18.0 Å². The number of H-pyrrole nitrogens is 1. The van der Waals surface area contributed by atoms with Crippen molar-refractivity contribution < 1.29 is 9.53 Å². The van der Waals surface area contributed by atoms with Gasteiger partial charge in [-0.2, -0.15) is 5.26 Å². The fraction of sp³-hybridized carbons (Fsp3) is 0.143. The highest BCUT2D eigenvalue weighted by molar-refractivity contribution is 6.06. The predicted octanol–water partition coefficient (Wildman–Crippen LogP) is 3.98. The first-order valence-electron chi connectivity index (χ1n) is 8.88. The minimum Gasteiger partial charge on any atom is -0.383 e. The maximum atomic E-state index is 12.6. The van der Waals surface area contributed by atoms with Crippen molar-refractivity contribution in [2.24, 2.45) is 0 Å². The molecular weight excluding hydrogens is 354 g/mol. The molecule has 1 amide bonds. The van der Waals surface area contributed by atoms with Gasteiger partial charge in [0.1, 0.15) is 29.0 Å². The summed E-state index contributed by atoms with van der Waals surface area (Å²) < 4.78 is 5.25. The number of aromatic nitrogens is 1. The second-order valence-corrected chi connectivity index (χ2v) is 6.32. The van der Waals surface area contributed by atoms with E-state index in [1.165, 1.54) is 0 Å². The number of para-hydroxylation sites is 2. The molecule has 1 aromatic heterocycles. The fourth-order valence-electron chi connectivity index (χ4n) is 3.28. The average Bonchev–Trinajstić information content (AvgIpc) is 3.08. The third-order valence-corrected chi connectivity index (χ3v) is 4.61. The zero-order valence-corrected chi connectivity index (χ0v) is 15.3. The number of benzene rings is 2. The van der Waals surface area contributed by atoms with Crippen molar-refractivity contribution >= 4 is 34.6 Å². The maximum Gasteiger partial charge on any atom is 0.256 e. The second kappa shape index (κ2) is 7.47. The molecule has 2 heterocycles. The van der Waals surface area contributed by atoms with Crippen LogP contribution in [0.5, 0.6) is 0 Å². The van der Waals surface area contributed by atoms with Crippen LogP contribution in [-0.4, -0.2) is 31.2 Å². The summed E-state index contributed by atoms with van der Waals surface area (Å²) in [6, 6.07) is 18.9. The first-order valence-corrected chi connectivity index (χ1v) is 8.88. The lowest BCUT2D eigenvalue weighted by Crippen LogP contribution is -2.26. The van der Waals surface area contributed by atoms with Crippen LogP contribution < -0.4 is 15.5 Å². The number of nitrogens with one attached hydrogen (secondary N) is 3. The Bertz CT molecular complexity index is 1050. The summed E-state index contributed by atoms with van der Waals surface area (Å²) in [6.07, 6.45) is 0. The summed E-state index contributed by atoms with van der Waals surface area (Å²) in [5.74, 6) is 0.802. The van der Waals surface area contributed by atoms with Crippen LogP contribution in [0.4, 0.5) is 28.7 Å². The molecule has 3 N–H and O–H groups in total. The van der Waals surface area contributed by atoms with Crippen molar-refractivity contribution in [1.82, 2.24) is 4.98 Å². The molecule has 0 saturated carbocycles. The Morgan fingerprint density at radius 2 is 1.93 bits per heavy atom. The van der Waals surface area contributed by atoms with Gasteiger partial charge in [-0.3, -0.25) is 4.79 Å². The van der Waals surface area contributed by atoms with E-state index < -0.39 is 0 Å². The minimum absolute atomic E-state index is 0.281. The largest absolute Gasteiger partial charge is 0.383 e. The highest BCUT2D eigenvalue weighted by Crippen LogP contribution is 2.46. The molecule has 140 valence electrons. The van der Waals surface area contributed by atoms with Crippen LogP contribution in [-0.2, 0) is 4.74 Å². The number of carbonyl (C=O) groups excluding carboxylic acids is 1. The summed E-state index contributed by atoms with van der Waals surface area (Å²) >= 11 is 0. The molecule has 7 nitrogen and oxygen atoms in total. The number of ether oxygens (including phenoxy) is 1. The molecule has 3 aromatic rings. The summed E-state index contributed by atoms with van der Waals surface area (Å²) in [5, 5.41) is 15.9. The lowest BCUT2D eigenvalue weighted by molar-refractivity contribution is 0.102. The Hall–Kier alpha value is -3.76. The lowest BCUT2D eigenvalue weighted by Gasteiger charge is -2.31. The number of amides is 1. The smallest absolute Gasteiger partial charge is 0.256 e. The van der Waals surface area contributed by atoms with Crippen molar-refractivity contribution in [2.45, 2.75) is 0 Å². The zero-order valence-electron chi connectivity index (χ0n) is 15.3. The van der Waals surface area contributed by atoms with E-state index in [4.69, 9.17) is 4.74 Å². The maximum absolute atomic E-state index is 12.6. The minimum atomic E-state index is -0.281. The number of nitriles is 1. The molecule has 0 atom stereocenters. The molecule has 7 heteroatoms. The third-order valence-electron chi connectivity index (χ3n) is 4.61.